The lowest BCUT2D eigenvalue weighted by molar-refractivity contribution is 0.710. The van der Waals surface area contributed by atoms with Gasteiger partial charge in [-0.05, 0) is 30.5 Å². The van der Waals surface area contributed by atoms with Crippen molar-refractivity contribution in [3.05, 3.63) is 42.2 Å². The standard InChI is InChI=1S/C14H18N2S.Al/c1-2-3-4-7-12-8-5-9-13(14(12)17)16-11-6-10-15-16;/h5-6,8-11,17H,2-4,7H2,1H3;/q;+1/p-1. The largest absolute Gasteiger partial charge is 0.252 e. The van der Waals surface area contributed by atoms with E-state index in [2.05, 4.69) is 45.4 Å². The summed E-state index contributed by atoms with van der Waals surface area (Å²) in [7, 11) is 1.73. The Kier molecular flexibility index (Phi) is 5.37. The van der Waals surface area contributed by atoms with E-state index in [1.807, 2.05) is 23.1 Å². The van der Waals surface area contributed by atoms with E-state index < -0.39 is 0 Å². The summed E-state index contributed by atoms with van der Waals surface area (Å²) in [6, 6.07) is 8.45. The molecule has 0 saturated heterocycles. The van der Waals surface area contributed by atoms with Gasteiger partial charge >= 0.3 is 0 Å². The number of nitrogens with zero attached hydrogens (tertiary/aromatic N) is 2. The lowest BCUT2D eigenvalue weighted by Crippen LogP contribution is -2.00. The molecule has 0 N–H and O–H groups in total. The molecule has 1 aromatic carbocycles. The molecule has 0 aliphatic rings. The summed E-state index contributed by atoms with van der Waals surface area (Å²) in [5.74, 6) is 0. The predicted octanol–water partition coefficient (Wildman–Crippen LogP) is 3.78. The molecule has 2 radical (unpaired) electrons. The fourth-order valence-corrected chi connectivity index (χ4v) is 3.48. The Morgan fingerprint density at radius 2 is 2.17 bits per heavy atom. The van der Waals surface area contributed by atoms with E-state index in [0.29, 0.717) is 0 Å². The highest BCUT2D eigenvalue weighted by Gasteiger charge is 2.08. The van der Waals surface area contributed by atoms with Gasteiger partial charge < -0.3 is 0 Å². The maximum atomic E-state index is 4.33. The van der Waals surface area contributed by atoms with Gasteiger partial charge in [0.1, 0.15) is 0 Å². The van der Waals surface area contributed by atoms with Gasteiger partial charge in [0, 0.05) is 17.3 Å². The van der Waals surface area contributed by atoms with Gasteiger partial charge in [-0.25, -0.2) is 4.68 Å². The van der Waals surface area contributed by atoms with E-state index in [-0.39, 0.29) is 0 Å². The van der Waals surface area contributed by atoms with E-state index in [1.165, 1.54) is 35.4 Å². The second-order valence-electron chi connectivity index (χ2n) is 4.29. The molecule has 1 aromatic heterocycles. The lowest BCUT2D eigenvalue weighted by atomic mass is 10.1. The van der Waals surface area contributed by atoms with Gasteiger partial charge in [-0.2, -0.15) is 5.10 Å². The predicted molar refractivity (Wildman–Crippen MR) is 78.4 cm³/mol. The van der Waals surface area contributed by atoms with Gasteiger partial charge in [-0.1, -0.05) is 31.9 Å². The number of aryl methyl sites for hydroxylation is 1. The summed E-state index contributed by atoms with van der Waals surface area (Å²) in [6.45, 7) is 2.24. The van der Waals surface area contributed by atoms with Crippen LogP contribution in [0.1, 0.15) is 31.7 Å². The molecule has 2 aromatic rings. The van der Waals surface area contributed by atoms with Crippen LogP contribution in [0.5, 0.6) is 0 Å². The number of benzene rings is 1. The summed E-state index contributed by atoms with van der Waals surface area (Å²) in [5.41, 5.74) is 2.60. The zero-order chi connectivity index (χ0) is 12.8. The van der Waals surface area contributed by atoms with E-state index in [4.69, 9.17) is 0 Å². The summed E-state index contributed by atoms with van der Waals surface area (Å²) in [5, 5.41) is 4.33. The molecule has 0 saturated carbocycles. The first-order valence-corrected chi connectivity index (χ1v) is 8.65. The van der Waals surface area contributed by atoms with Crippen molar-refractivity contribution in [1.29, 1.82) is 0 Å². The Morgan fingerprint density at radius 3 is 2.83 bits per heavy atom. The Balaban J connectivity index is 2.28. The zero-order valence-electron chi connectivity index (χ0n) is 10.7. The molecule has 0 unspecified atom stereocenters. The Bertz CT molecular complexity index is 483. The molecule has 0 aliphatic carbocycles. The lowest BCUT2D eigenvalue weighted by Gasteiger charge is -2.13. The van der Waals surface area contributed by atoms with Crippen LogP contribution in [-0.4, -0.2) is 24.9 Å². The van der Waals surface area contributed by atoms with Gasteiger partial charge in [0.2, 0.25) is 15.2 Å². The van der Waals surface area contributed by atoms with Crippen molar-refractivity contribution in [2.75, 3.05) is 0 Å². The molecular weight excluding hydrogens is 255 g/mol. The van der Waals surface area contributed by atoms with Crippen molar-refractivity contribution in [3.8, 4) is 5.69 Å². The average molecular weight is 272 g/mol. The average Bonchev–Trinajstić information content (AvgIpc) is 2.92. The summed E-state index contributed by atoms with van der Waals surface area (Å²) < 4.78 is 1.94. The summed E-state index contributed by atoms with van der Waals surface area (Å²) >= 11 is 2.76. The van der Waals surface area contributed by atoms with E-state index in [1.54, 1.807) is 10.1 Å². The topological polar surface area (TPSA) is 17.8 Å². The highest BCUT2D eigenvalue weighted by molar-refractivity contribution is 8.19. The first-order valence-electron chi connectivity index (χ1n) is 6.35. The zero-order valence-corrected chi connectivity index (χ0v) is 12.6. The molecule has 2 nitrogen and oxygen atoms in total. The van der Waals surface area contributed by atoms with Crippen LogP contribution < -0.4 is 0 Å². The normalized spacial score (nSPS) is 10.7. The van der Waals surface area contributed by atoms with Crippen LogP contribution in [0.15, 0.2) is 41.6 Å². The minimum absolute atomic E-state index is 1.15. The number of aromatic nitrogens is 2. The maximum absolute atomic E-state index is 4.33. The molecule has 0 amide bonds. The molecule has 18 heavy (non-hydrogen) atoms. The van der Waals surface area contributed by atoms with E-state index in [0.717, 1.165) is 6.42 Å². The van der Waals surface area contributed by atoms with Gasteiger partial charge in [0.15, 0.2) is 0 Å². The van der Waals surface area contributed by atoms with Crippen LogP contribution >= 0.6 is 10.1 Å². The molecule has 92 valence electrons. The van der Waals surface area contributed by atoms with Crippen molar-refractivity contribution < 1.29 is 0 Å². The van der Waals surface area contributed by atoms with Gasteiger partial charge in [-0.3, -0.25) is 10.1 Å². The Hall–Kier alpha value is -0.688. The van der Waals surface area contributed by atoms with Crippen molar-refractivity contribution in [1.82, 2.24) is 9.78 Å². The van der Waals surface area contributed by atoms with Crippen LogP contribution in [-0.2, 0) is 6.42 Å². The Morgan fingerprint density at radius 1 is 1.28 bits per heavy atom. The summed E-state index contributed by atoms with van der Waals surface area (Å²) in [6.07, 6.45) is 8.79. The smallest absolute Gasteiger partial charge is 0.241 e. The molecule has 0 fully saturated rings. The van der Waals surface area contributed by atoms with Crippen molar-refractivity contribution in [3.63, 3.8) is 0 Å². The Labute approximate surface area is 120 Å². The second kappa shape index (κ2) is 7.04. The SMILES string of the molecule is CCCCCc1cccc(-n2cccn2)c1[S][Al]. The minimum Gasteiger partial charge on any atom is -0.252 e. The van der Waals surface area contributed by atoms with Crippen LogP contribution in [0.2, 0.25) is 0 Å². The number of unbranched alkanes of at least 4 members (excludes halogenated alkanes) is 2. The summed E-state index contributed by atoms with van der Waals surface area (Å²) in [4.78, 5) is 1.32. The monoisotopic (exact) mass is 272 g/mol. The van der Waals surface area contributed by atoms with Gasteiger partial charge in [-0.15, -0.1) is 0 Å². The van der Waals surface area contributed by atoms with Crippen molar-refractivity contribution in [2.45, 2.75) is 37.5 Å². The highest BCUT2D eigenvalue weighted by atomic mass is 32.3. The molecular formula is C14H17AlN2S. The number of hydrogen-bond acceptors (Lipinski definition) is 2. The molecule has 0 bridgehead atoms. The van der Waals surface area contributed by atoms with Crippen LogP contribution in [0, 0.1) is 0 Å². The van der Waals surface area contributed by atoms with Crippen molar-refractivity contribution >= 4 is 25.3 Å². The first-order chi connectivity index (χ1) is 8.86. The third-order valence-corrected chi connectivity index (χ3v) is 4.41. The molecule has 0 atom stereocenters. The molecule has 0 spiro atoms. The quantitative estimate of drug-likeness (QED) is 0.588. The van der Waals surface area contributed by atoms with E-state index >= 15 is 0 Å². The third-order valence-electron chi connectivity index (χ3n) is 2.99. The van der Waals surface area contributed by atoms with Crippen LogP contribution in [0.25, 0.3) is 5.69 Å². The van der Waals surface area contributed by atoms with Gasteiger partial charge in [0.05, 0.1) is 5.69 Å². The maximum Gasteiger partial charge on any atom is 0.241 e. The molecule has 1 heterocycles. The van der Waals surface area contributed by atoms with Gasteiger partial charge in [0.25, 0.3) is 0 Å². The van der Waals surface area contributed by atoms with Crippen LogP contribution in [0.3, 0.4) is 0 Å². The first kappa shape index (κ1) is 13.7. The van der Waals surface area contributed by atoms with Crippen LogP contribution in [0.4, 0.5) is 0 Å². The number of rotatable bonds is 6. The highest BCUT2D eigenvalue weighted by Crippen LogP contribution is 2.28. The minimum atomic E-state index is 1.15. The number of hydrogen-bond donors (Lipinski definition) is 0. The fraction of sp³-hybridized carbons (Fsp3) is 0.357. The molecule has 0 aliphatic heterocycles. The fourth-order valence-electron chi connectivity index (χ4n) is 2.06. The van der Waals surface area contributed by atoms with E-state index in [9.17, 15) is 0 Å². The third kappa shape index (κ3) is 3.20. The second-order valence-corrected chi connectivity index (χ2v) is 5.64. The molecule has 2 rings (SSSR count). The van der Waals surface area contributed by atoms with Crippen molar-refractivity contribution in [2.24, 2.45) is 0 Å². The molecule has 4 heteroatoms.